The van der Waals surface area contributed by atoms with Crippen LogP contribution < -0.4 is 0 Å². The zero-order chi connectivity index (χ0) is 11.7. The predicted octanol–water partition coefficient (Wildman–Crippen LogP) is 3.21. The summed E-state index contributed by atoms with van der Waals surface area (Å²) in [6.07, 6.45) is 3.78. The molecule has 0 amide bonds. The van der Waals surface area contributed by atoms with Crippen LogP contribution in [-0.4, -0.2) is 23.3 Å². The van der Waals surface area contributed by atoms with Gasteiger partial charge in [0.25, 0.3) is 0 Å². The SMILES string of the molecule is COCC(C)n1cc(C)c2ncc(Cl)cc21. The van der Waals surface area contributed by atoms with Crippen molar-refractivity contribution in [3.63, 3.8) is 0 Å². The predicted molar refractivity (Wildman–Crippen MR) is 66.1 cm³/mol. The van der Waals surface area contributed by atoms with E-state index in [9.17, 15) is 0 Å². The van der Waals surface area contributed by atoms with Crippen LogP contribution in [0.3, 0.4) is 0 Å². The van der Waals surface area contributed by atoms with Gasteiger partial charge >= 0.3 is 0 Å². The highest BCUT2D eigenvalue weighted by molar-refractivity contribution is 6.31. The molecule has 2 rings (SSSR count). The molecule has 2 heterocycles. The quantitative estimate of drug-likeness (QED) is 0.821. The minimum atomic E-state index is 0.279. The van der Waals surface area contributed by atoms with E-state index in [4.69, 9.17) is 16.3 Å². The number of nitrogens with zero attached hydrogens (tertiary/aromatic N) is 2. The van der Waals surface area contributed by atoms with Crippen molar-refractivity contribution in [2.24, 2.45) is 0 Å². The van der Waals surface area contributed by atoms with Crippen LogP contribution in [0, 0.1) is 6.92 Å². The number of hydrogen-bond donors (Lipinski definition) is 0. The zero-order valence-electron chi connectivity index (χ0n) is 9.70. The Bertz CT molecular complexity index is 507. The lowest BCUT2D eigenvalue weighted by Gasteiger charge is -2.13. The van der Waals surface area contributed by atoms with Crippen LogP contribution in [0.2, 0.25) is 5.02 Å². The number of rotatable bonds is 3. The molecule has 0 saturated carbocycles. The highest BCUT2D eigenvalue weighted by atomic mass is 35.5. The van der Waals surface area contributed by atoms with Gasteiger partial charge in [-0.15, -0.1) is 0 Å². The summed E-state index contributed by atoms with van der Waals surface area (Å²) in [4.78, 5) is 4.35. The largest absolute Gasteiger partial charge is 0.383 e. The van der Waals surface area contributed by atoms with E-state index >= 15 is 0 Å². The minimum Gasteiger partial charge on any atom is -0.383 e. The van der Waals surface area contributed by atoms with Crippen molar-refractivity contribution < 1.29 is 4.74 Å². The lowest BCUT2D eigenvalue weighted by atomic mass is 10.3. The fourth-order valence-electron chi connectivity index (χ4n) is 1.95. The molecule has 2 aromatic rings. The molecule has 0 saturated heterocycles. The molecular weight excluding hydrogens is 224 g/mol. The molecule has 2 aromatic heterocycles. The van der Waals surface area contributed by atoms with Crippen LogP contribution >= 0.6 is 11.6 Å². The van der Waals surface area contributed by atoms with Crippen molar-refractivity contribution in [3.05, 3.63) is 29.0 Å². The lowest BCUT2D eigenvalue weighted by Crippen LogP contribution is -2.09. The number of pyridine rings is 1. The Morgan fingerprint density at radius 1 is 1.56 bits per heavy atom. The van der Waals surface area contributed by atoms with E-state index in [0.29, 0.717) is 11.6 Å². The summed E-state index contributed by atoms with van der Waals surface area (Å²) < 4.78 is 7.33. The molecular formula is C12H15ClN2O. The number of ether oxygens (including phenoxy) is 1. The smallest absolute Gasteiger partial charge is 0.0911 e. The molecule has 0 aromatic carbocycles. The fraction of sp³-hybridized carbons (Fsp3) is 0.417. The van der Waals surface area contributed by atoms with E-state index in [-0.39, 0.29) is 6.04 Å². The van der Waals surface area contributed by atoms with E-state index in [1.54, 1.807) is 13.3 Å². The first-order valence-electron chi connectivity index (χ1n) is 5.25. The average Bonchev–Trinajstić information content (AvgIpc) is 2.56. The third kappa shape index (κ3) is 1.93. The molecule has 4 heteroatoms. The van der Waals surface area contributed by atoms with Crippen LogP contribution in [0.25, 0.3) is 11.0 Å². The second-order valence-corrected chi connectivity index (χ2v) is 4.48. The maximum atomic E-state index is 5.97. The van der Waals surface area contributed by atoms with Crippen molar-refractivity contribution >= 4 is 22.6 Å². The number of fused-ring (bicyclic) bond motifs is 1. The molecule has 0 fully saturated rings. The molecule has 86 valence electrons. The van der Waals surface area contributed by atoms with E-state index < -0.39 is 0 Å². The molecule has 0 aliphatic heterocycles. The van der Waals surface area contributed by atoms with Gasteiger partial charge in [-0.2, -0.15) is 0 Å². The van der Waals surface area contributed by atoms with Crippen molar-refractivity contribution in [3.8, 4) is 0 Å². The number of hydrogen-bond acceptors (Lipinski definition) is 2. The number of aryl methyl sites for hydroxylation is 1. The second-order valence-electron chi connectivity index (χ2n) is 4.05. The van der Waals surface area contributed by atoms with Crippen LogP contribution in [0.5, 0.6) is 0 Å². The summed E-state index contributed by atoms with van der Waals surface area (Å²) in [5.41, 5.74) is 3.23. The normalized spacial score (nSPS) is 13.2. The maximum Gasteiger partial charge on any atom is 0.0911 e. The summed E-state index contributed by atoms with van der Waals surface area (Å²) in [7, 11) is 1.71. The van der Waals surface area contributed by atoms with Gasteiger partial charge < -0.3 is 9.30 Å². The summed E-state index contributed by atoms with van der Waals surface area (Å²) in [5.74, 6) is 0. The zero-order valence-corrected chi connectivity index (χ0v) is 10.5. The monoisotopic (exact) mass is 238 g/mol. The molecule has 0 aliphatic rings. The molecule has 1 atom stereocenters. The molecule has 0 aliphatic carbocycles. The van der Waals surface area contributed by atoms with Gasteiger partial charge in [0.15, 0.2) is 0 Å². The Morgan fingerprint density at radius 3 is 3.00 bits per heavy atom. The van der Waals surface area contributed by atoms with Gasteiger partial charge in [-0.25, -0.2) is 0 Å². The van der Waals surface area contributed by atoms with E-state index in [1.807, 2.05) is 6.07 Å². The van der Waals surface area contributed by atoms with Crippen LogP contribution in [0.1, 0.15) is 18.5 Å². The maximum absolute atomic E-state index is 5.97. The van der Waals surface area contributed by atoms with Gasteiger partial charge in [0, 0.05) is 19.5 Å². The van der Waals surface area contributed by atoms with Gasteiger partial charge in [0.1, 0.15) is 0 Å². The highest BCUT2D eigenvalue weighted by Gasteiger charge is 2.11. The highest BCUT2D eigenvalue weighted by Crippen LogP contribution is 2.24. The third-order valence-corrected chi connectivity index (χ3v) is 2.91. The van der Waals surface area contributed by atoms with Gasteiger partial charge in [-0.3, -0.25) is 4.98 Å². The third-order valence-electron chi connectivity index (χ3n) is 2.70. The van der Waals surface area contributed by atoms with Crippen molar-refractivity contribution in [1.29, 1.82) is 0 Å². The molecule has 0 bridgehead atoms. The number of aromatic nitrogens is 2. The first-order valence-corrected chi connectivity index (χ1v) is 5.63. The lowest BCUT2D eigenvalue weighted by molar-refractivity contribution is 0.164. The molecule has 1 unspecified atom stereocenters. The van der Waals surface area contributed by atoms with Gasteiger partial charge in [0.2, 0.25) is 0 Å². The molecule has 0 N–H and O–H groups in total. The molecule has 0 radical (unpaired) electrons. The van der Waals surface area contributed by atoms with Gasteiger partial charge in [-0.05, 0) is 25.5 Å². The van der Waals surface area contributed by atoms with Crippen molar-refractivity contribution in [2.75, 3.05) is 13.7 Å². The average molecular weight is 239 g/mol. The van der Waals surface area contributed by atoms with Crippen LogP contribution in [-0.2, 0) is 4.74 Å². The van der Waals surface area contributed by atoms with E-state index in [2.05, 4.69) is 29.6 Å². The summed E-state index contributed by atoms with van der Waals surface area (Å²) in [6, 6.07) is 2.23. The Morgan fingerprint density at radius 2 is 2.31 bits per heavy atom. The number of halogens is 1. The first-order chi connectivity index (χ1) is 7.63. The van der Waals surface area contributed by atoms with Crippen molar-refractivity contribution in [2.45, 2.75) is 19.9 Å². The van der Waals surface area contributed by atoms with Gasteiger partial charge in [-0.1, -0.05) is 11.6 Å². The van der Waals surface area contributed by atoms with Crippen molar-refractivity contribution in [1.82, 2.24) is 9.55 Å². The topological polar surface area (TPSA) is 27.1 Å². The van der Waals surface area contributed by atoms with E-state index in [0.717, 1.165) is 16.6 Å². The Balaban J connectivity index is 2.56. The molecule has 0 spiro atoms. The Hall–Kier alpha value is -1.06. The summed E-state index contributed by atoms with van der Waals surface area (Å²) >= 11 is 5.97. The van der Waals surface area contributed by atoms with Crippen LogP contribution in [0.15, 0.2) is 18.5 Å². The Labute approximate surface area is 100.0 Å². The second kappa shape index (κ2) is 4.44. The summed E-state index contributed by atoms with van der Waals surface area (Å²) in [6.45, 7) is 4.85. The van der Waals surface area contributed by atoms with E-state index in [1.165, 1.54) is 0 Å². The van der Waals surface area contributed by atoms with Crippen LogP contribution in [0.4, 0.5) is 0 Å². The first kappa shape index (κ1) is 11.4. The standard InChI is InChI=1S/C12H15ClN2O/c1-8-6-15(9(2)7-16-3)11-4-10(13)5-14-12(8)11/h4-6,9H,7H2,1-3H3. The molecule has 16 heavy (non-hydrogen) atoms. The number of methoxy groups -OCH3 is 1. The summed E-state index contributed by atoms with van der Waals surface area (Å²) in [5, 5.41) is 0.663. The minimum absolute atomic E-state index is 0.279. The van der Waals surface area contributed by atoms with Gasteiger partial charge in [0.05, 0.1) is 28.7 Å². The fourth-order valence-corrected chi connectivity index (χ4v) is 2.11. The molecule has 3 nitrogen and oxygen atoms in total. The Kier molecular flexibility index (Phi) is 3.17.